The SMILES string of the molecule is NC(=S)c1c(Br)cccc1NC1CCOC1C1CC1. The van der Waals surface area contributed by atoms with Gasteiger partial charge in [0.25, 0.3) is 0 Å². The van der Waals surface area contributed by atoms with Crippen molar-refractivity contribution in [3.63, 3.8) is 0 Å². The Balaban J connectivity index is 1.82. The van der Waals surface area contributed by atoms with Crippen LogP contribution in [0.4, 0.5) is 5.69 Å². The van der Waals surface area contributed by atoms with E-state index in [1.807, 2.05) is 18.2 Å². The minimum atomic E-state index is 0.346. The number of ether oxygens (including phenoxy) is 1. The number of benzene rings is 1. The van der Waals surface area contributed by atoms with Gasteiger partial charge in [0, 0.05) is 22.3 Å². The maximum Gasteiger partial charge on any atom is 0.107 e. The Morgan fingerprint density at radius 2 is 2.16 bits per heavy atom. The summed E-state index contributed by atoms with van der Waals surface area (Å²) in [4.78, 5) is 0.414. The lowest BCUT2D eigenvalue weighted by Gasteiger charge is -2.22. The molecule has 1 aromatic rings. The highest BCUT2D eigenvalue weighted by Gasteiger charge is 2.40. The minimum absolute atomic E-state index is 0.346. The van der Waals surface area contributed by atoms with Crippen LogP contribution in [0.5, 0.6) is 0 Å². The molecule has 2 aliphatic rings. The van der Waals surface area contributed by atoms with E-state index in [9.17, 15) is 0 Å². The average molecular weight is 341 g/mol. The zero-order valence-electron chi connectivity index (χ0n) is 10.6. The number of halogens is 1. The molecule has 1 aliphatic carbocycles. The summed E-state index contributed by atoms with van der Waals surface area (Å²) in [5, 5.41) is 3.58. The maximum atomic E-state index is 5.85. The predicted molar refractivity (Wildman–Crippen MR) is 84.5 cm³/mol. The van der Waals surface area contributed by atoms with Crippen LogP contribution >= 0.6 is 28.1 Å². The van der Waals surface area contributed by atoms with Gasteiger partial charge in [-0.15, -0.1) is 0 Å². The van der Waals surface area contributed by atoms with Gasteiger partial charge in [-0.2, -0.15) is 0 Å². The second-order valence-corrected chi connectivity index (χ2v) is 6.53. The van der Waals surface area contributed by atoms with Crippen molar-refractivity contribution in [3.05, 3.63) is 28.2 Å². The first-order valence-corrected chi connectivity index (χ1v) is 7.83. The lowest BCUT2D eigenvalue weighted by Crippen LogP contribution is -2.32. The summed E-state index contributed by atoms with van der Waals surface area (Å²) in [7, 11) is 0. The summed E-state index contributed by atoms with van der Waals surface area (Å²) in [5.41, 5.74) is 7.72. The van der Waals surface area contributed by atoms with E-state index in [-0.39, 0.29) is 0 Å². The van der Waals surface area contributed by atoms with Gasteiger partial charge >= 0.3 is 0 Å². The van der Waals surface area contributed by atoms with Crippen LogP contribution in [-0.2, 0) is 4.74 Å². The molecule has 0 radical (unpaired) electrons. The molecule has 0 bridgehead atoms. The fraction of sp³-hybridized carbons (Fsp3) is 0.500. The Hall–Kier alpha value is -0.650. The molecule has 1 heterocycles. The highest BCUT2D eigenvalue weighted by molar-refractivity contribution is 9.10. The number of nitrogens with two attached hydrogens (primary N) is 1. The van der Waals surface area contributed by atoms with E-state index in [4.69, 9.17) is 22.7 Å². The molecule has 1 aromatic carbocycles. The second kappa shape index (κ2) is 5.38. The highest BCUT2D eigenvalue weighted by Crippen LogP contribution is 2.40. The summed E-state index contributed by atoms with van der Waals surface area (Å²) in [6, 6.07) is 6.36. The first kappa shape index (κ1) is 13.3. The van der Waals surface area contributed by atoms with E-state index in [1.165, 1.54) is 12.8 Å². The third kappa shape index (κ3) is 2.78. The van der Waals surface area contributed by atoms with Crippen molar-refractivity contribution in [2.45, 2.75) is 31.4 Å². The largest absolute Gasteiger partial charge is 0.389 e. The number of hydrogen-bond acceptors (Lipinski definition) is 3. The van der Waals surface area contributed by atoms with Crippen LogP contribution in [0, 0.1) is 5.92 Å². The van der Waals surface area contributed by atoms with Gasteiger partial charge < -0.3 is 15.8 Å². The smallest absolute Gasteiger partial charge is 0.107 e. The van der Waals surface area contributed by atoms with Crippen molar-refractivity contribution < 1.29 is 4.74 Å². The van der Waals surface area contributed by atoms with E-state index in [0.29, 0.717) is 17.1 Å². The first-order valence-electron chi connectivity index (χ1n) is 6.63. The molecule has 5 heteroatoms. The van der Waals surface area contributed by atoms with Crippen LogP contribution in [0.2, 0.25) is 0 Å². The summed E-state index contributed by atoms with van der Waals surface area (Å²) in [6.45, 7) is 0.843. The van der Waals surface area contributed by atoms with Crippen molar-refractivity contribution in [3.8, 4) is 0 Å². The van der Waals surface area contributed by atoms with Gasteiger partial charge in [-0.05, 0) is 53.2 Å². The van der Waals surface area contributed by atoms with E-state index < -0.39 is 0 Å². The molecule has 2 atom stereocenters. The third-order valence-electron chi connectivity index (χ3n) is 3.82. The van der Waals surface area contributed by atoms with Crippen LogP contribution in [0.3, 0.4) is 0 Å². The van der Waals surface area contributed by atoms with Crippen LogP contribution < -0.4 is 11.1 Å². The van der Waals surface area contributed by atoms with E-state index in [0.717, 1.165) is 34.7 Å². The predicted octanol–water partition coefficient (Wildman–Crippen LogP) is 3.06. The second-order valence-electron chi connectivity index (χ2n) is 5.24. The van der Waals surface area contributed by atoms with Gasteiger partial charge in [0.2, 0.25) is 0 Å². The first-order chi connectivity index (χ1) is 9.16. The fourth-order valence-electron chi connectivity index (χ4n) is 2.75. The fourth-order valence-corrected chi connectivity index (χ4v) is 3.68. The molecule has 3 nitrogen and oxygen atoms in total. The van der Waals surface area contributed by atoms with Crippen molar-refractivity contribution >= 4 is 38.8 Å². The van der Waals surface area contributed by atoms with Crippen molar-refractivity contribution in [2.24, 2.45) is 11.7 Å². The van der Waals surface area contributed by atoms with Crippen LogP contribution in [-0.4, -0.2) is 23.7 Å². The molecule has 1 saturated heterocycles. The molecule has 3 rings (SSSR count). The van der Waals surface area contributed by atoms with E-state index >= 15 is 0 Å². The summed E-state index contributed by atoms with van der Waals surface area (Å²) >= 11 is 8.66. The molecule has 102 valence electrons. The molecule has 0 spiro atoms. The summed E-state index contributed by atoms with van der Waals surface area (Å²) in [5.74, 6) is 0.737. The number of hydrogen-bond donors (Lipinski definition) is 2. The van der Waals surface area contributed by atoms with Gasteiger partial charge in [-0.25, -0.2) is 0 Å². The molecule has 1 aliphatic heterocycles. The zero-order chi connectivity index (χ0) is 13.4. The Morgan fingerprint density at radius 1 is 1.37 bits per heavy atom. The zero-order valence-corrected chi connectivity index (χ0v) is 13.0. The monoisotopic (exact) mass is 340 g/mol. The van der Waals surface area contributed by atoms with E-state index in [1.54, 1.807) is 0 Å². The van der Waals surface area contributed by atoms with Gasteiger partial charge in [-0.3, -0.25) is 0 Å². The molecule has 3 N–H and O–H groups in total. The molecular weight excluding hydrogens is 324 g/mol. The number of rotatable bonds is 4. The molecule has 2 fully saturated rings. The average Bonchev–Trinajstić information content (AvgIpc) is 3.10. The molecular formula is C14H17BrN2OS. The Kier molecular flexibility index (Phi) is 3.78. The topological polar surface area (TPSA) is 47.3 Å². The number of thiocarbonyl (C=S) groups is 1. The van der Waals surface area contributed by atoms with Crippen molar-refractivity contribution in [2.75, 3.05) is 11.9 Å². The number of nitrogens with one attached hydrogen (secondary N) is 1. The Morgan fingerprint density at radius 3 is 2.84 bits per heavy atom. The maximum absolute atomic E-state index is 5.85. The van der Waals surface area contributed by atoms with Gasteiger partial charge in [0.15, 0.2) is 0 Å². The number of anilines is 1. The lowest BCUT2D eigenvalue weighted by atomic mass is 10.0. The van der Waals surface area contributed by atoms with Gasteiger partial charge in [-0.1, -0.05) is 18.3 Å². The Labute approximate surface area is 127 Å². The summed E-state index contributed by atoms with van der Waals surface area (Å²) < 4.78 is 6.79. The summed E-state index contributed by atoms with van der Waals surface area (Å²) in [6.07, 6.45) is 3.98. The van der Waals surface area contributed by atoms with Crippen LogP contribution in [0.1, 0.15) is 24.8 Å². The molecule has 2 unspecified atom stereocenters. The lowest BCUT2D eigenvalue weighted by molar-refractivity contribution is 0.0898. The van der Waals surface area contributed by atoms with Crippen LogP contribution in [0.25, 0.3) is 0 Å². The normalized spacial score (nSPS) is 26.4. The van der Waals surface area contributed by atoms with Crippen molar-refractivity contribution in [1.82, 2.24) is 0 Å². The standard InChI is InChI=1S/C14H17BrN2OS/c15-9-2-1-3-10(12(9)14(16)19)17-11-6-7-18-13(11)8-4-5-8/h1-3,8,11,13,17H,4-7H2,(H2,16,19). The van der Waals surface area contributed by atoms with Crippen molar-refractivity contribution in [1.29, 1.82) is 0 Å². The molecule has 19 heavy (non-hydrogen) atoms. The quantitative estimate of drug-likeness (QED) is 0.827. The molecule has 0 amide bonds. The Bertz CT molecular complexity index is 504. The minimum Gasteiger partial charge on any atom is -0.389 e. The van der Waals surface area contributed by atoms with Gasteiger partial charge in [0.05, 0.1) is 12.1 Å². The van der Waals surface area contributed by atoms with Gasteiger partial charge in [0.1, 0.15) is 4.99 Å². The molecule has 0 aromatic heterocycles. The highest BCUT2D eigenvalue weighted by atomic mass is 79.9. The third-order valence-corrected chi connectivity index (χ3v) is 4.69. The van der Waals surface area contributed by atoms with Crippen LogP contribution in [0.15, 0.2) is 22.7 Å². The molecule has 1 saturated carbocycles. The van der Waals surface area contributed by atoms with E-state index in [2.05, 4.69) is 21.2 Å².